The Hall–Kier alpha value is -1.36. The van der Waals surface area contributed by atoms with Crippen LogP contribution in [0.1, 0.15) is 29.9 Å². The van der Waals surface area contributed by atoms with Gasteiger partial charge >= 0.3 is 0 Å². The van der Waals surface area contributed by atoms with E-state index in [1.807, 2.05) is 13.8 Å². The molecule has 1 unspecified atom stereocenters. The molecule has 2 rings (SSSR count). The molecule has 1 aromatic rings. The molecule has 0 aromatic carbocycles. The summed E-state index contributed by atoms with van der Waals surface area (Å²) in [6.07, 6.45) is 1.88. The number of hydrogen-bond donors (Lipinski definition) is 1. The third kappa shape index (κ3) is 1.95. The van der Waals surface area contributed by atoms with Gasteiger partial charge in [-0.2, -0.15) is 0 Å². The molecule has 1 atom stereocenters. The summed E-state index contributed by atoms with van der Waals surface area (Å²) in [5.74, 6) is 0.594. The van der Waals surface area contributed by atoms with E-state index in [4.69, 9.17) is 10.3 Å². The normalized spacial score (nSPS) is 21.5. The maximum atomic E-state index is 11.3. The van der Waals surface area contributed by atoms with Crippen molar-refractivity contribution in [3.05, 3.63) is 17.0 Å². The minimum Gasteiger partial charge on any atom is -0.368 e. The van der Waals surface area contributed by atoms with Crippen molar-refractivity contribution in [1.82, 2.24) is 10.1 Å². The molecule has 0 saturated carbocycles. The van der Waals surface area contributed by atoms with Gasteiger partial charge in [0.15, 0.2) is 0 Å². The summed E-state index contributed by atoms with van der Waals surface area (Å²) < 4.78 is 5.11. The Labute approximate surface area is 94.6 Å². The highest BCUT2D eigenvalue weighted by Crippen LogP contribution is 2.22. The number of carbonyl (C=O) groups excluding carboxylic acids is 1. The molecule has 0 spiro atoms. The largest absolute Gasteiger partial charge is 0.368 e. The molecule has 0 bridgehead atoms. The molecule has 1 fully saturated rings. The van der Waals surface area contributed by atoms with Crippen molar-refractivity contribution in [2.24, 2.45) is 5.73 Å². The predicted octanol–water partition coefficient (Wildman–Crippen LogP) is 0.741. The summed E-state index contributed by atoms with van der Waals surface area (Å²) >= 11 is 0. The first kappa shape index (κ1) is 11.1. The molecule has 5 heteroatoms. The summed E-state index contributed by atoms with van der Waals surface area (Å²) in [5.41, 5.74) is 7.35. The van der Waals surface area contributed by atoms with E-state index in [9.17, 15) is 4.79 Å². The molecular weight excluding hydrogens is 206 g/mol. The number of primary amides is 1. The van der Waals surface area contributed by atoms with Crippen LogP contribution in [0.5, 0.6) is 0 Å². The van der Waals surface area contributed by atoms with Crippen LogP contribution in [0.2, 0.25) is 0 Å². The van der Waals surface area contributed by atoms with Gasteiger partial charge in [0.2, 0.25) is 5.91 Å². The first-order chi connectivity index (χ1) is 7.59. The van der Waals surface area contributed by atoms with Gasteiger partial charge in [-0.25, -0.2) is 0 Å². The van der Waals surface area contributed by atoms with Gasteiger partial charge in [-0.05, 0) is 33.2 Å². The molecule has 88 valence electrons. The van der Waals surface area contributed by atoms with Crippen molar-refractivity contribution in [1.29, 1.82) is 0 Å². The van der Waals surface area contributed by atoms with E-state index < -0.39 is 0 Å². The molecule has 5 nitrogen and oxygen atoms in total. The Kier molecular flexibility index (Phi) is 2.96. The topological polar surface area (TPSA) is 72.4 Å². The van der Waals surface area contributed by atoms with Crippen LogP contribution in [0.15, 0.2) is 4.52 Å². The van der Waals surface area contributed by atoms with Gasteiger partial charge in [0.05, 0.1) is 11.7 Å². The molecule has 2 N–H and O–H groups in total. The van der Waals surface area contributed by atoms with Gasteiger partial charge in [0, 0.05) is 12.1 Å². The third-order valence-electron chi connectivity index (χ3n) is 3.23. The van der Waals surface area contributed by atoms with E-state index in [-0.39, 0.29) is 11.9 Å². The standard InChI is InChI=1S/C11H17N3O2/c1-7-9(8(2)16-13-7)6-14-5-3-4-10(14)11(12)15/h10H,3-6H2,1-2H3,(H2,12,15). The first-order valence-corrected chi connectivity index (χ1v) is 5.54. The molecule has 1 amide bonds. The van der Waals surface area contributed by atoms with Crippen molar-refractivity contribution in [3.8, 4) is 0 Å². The summed E-state index contributed by atoms with van der Waals surface area (Å²) in [4.78, 5) is 13.4. The maximum Gasteiger partial charge on any atom is 0.234 e. The molecular formula is C11H17N3O2. The fraction of sp³-hybridized carbons (Fsp3) is 0.636. The van der Waals surface area contributed by atoms with Crippen LogP contribution in [-0.4, -0.2) is 28.6 Å². The van der Waals surface area contributed by atoms with E-state index in [1.54, 1.807) is 0 Å². The number of nitrogens with two attached hydrogens (primary N) is 1. The molecule has 1 aliphatic rings. The van der Waals surface area contributed by atoms with Crippen LogP contribution in [0.3, 0.4) is 0 Å². The molecule has 16 heavy (non-hydrogen) atoms. The van der Waals surface area contributed by atoms with Crippen molar-refractivity contribution in [3.63, 3.8) is 0 Å². The predicted molar refractivity (Wildman–Crippen MR) is 58.6 cm³/mol. The number of carbonyl (C=O) groups is 1. The van der Waals surface area contributed by atoms with E-state index in [0.29, 0.717) is 6.54 Å². The number of rotatable bonds is 3. The second-order valence-corrected chi connectivity index (χ2v) is 4.33. The highest BCUT2D eigenvalue weighted by atomic mass is 16.5. The molecule has 1 aromatic heterocycles. The Bertz CT molecular complexity index is 380. The molecule has 0 aliphatic carbocycles. The average Bonchev–Trinajstić information content (AvgIpc) is 2.80. The smallest absolute Gasteiger partial charge is 0.234 e. The van der Waals surface area contributed by atoms with Gasteiger partial charge in [0.25, 0.3) is 0 Å². The highest BCUT2D eigenvalue weighted by molar-refractivity contribution is 5.80. The Balaban J connectivity index is 2.12. The summed E-state index contributed by atoms with van der Waals surface area (Å²) in [7, 11) is 0. The van der Waals surface area contributed by atoms with Gasteiger partial charge in [-0.15, -0.1) is 0 Å². The van der Waals surface area contributed by atoms with E-state index in [0.717, 1.165) is 36.4 Å². The monoisotopic (exact) mass is 223 g/mol. The minimum atomic E-state index is -0.232. The van der Waals surface area contributed by atoms with E-state index in [2.05, 4.69) is 10.1 Å². The lowest BCUT2D eigenvalue weighted by atomic mass is 10.1. The second kappa shape index (κ2) is 4.25. The molecule has 1 aliphatic heterocycles. The maximum absolute atomic E-state index is 11.3. The summed E-state index contributed by atoms with van der Waals surface area (Å²) in [5, 5.41) is 3.91. The van der Waals surface area contributed by atoms with Gasteiger partial charge in [-0.1, -0.05) is 5.16 Å². The van der Waals surface area contributed by atoms with Crippen LogP contribution < -0.4 is 5.73 Å². The van der Waals surface area contributed by atoms with Crippen molar-refractivity contribution >= 4 is 5.91 Å². The zero-order valence-corrected chi connectivity index (χ0v) is 9.69. The van der Waals surface area contributed by atoms with Crippen LogP contribution in [0, 0.1) is 13.8 Å². The average molecular weight is 223 g/mol. The molecule has 0 radical (unpaired) electrons. The lowest BCUT2D eigenvalue weighted by molar-refractivity contribution is -0.122. The zero-order chi connectivity index (χ0) is 11.7. The number of likely N-dealkylation sites (tertiary alicyclic amines) is 1. The third-order valence-corrected chi connectivity index (χ3v) is 3.23. The van der Waals surface area contributed by atoms with Crippen LogP contribution in [0.4, 0.5) is 0 Å². The second-order valence-electron chi connectivity index (χ2n) is 4.33. The molecule has 2 heterocycles. The Morgan fingerprint density at radius 1 is 1.62 bits per heavy atom. The summed E-state index contributed by atoms with van der Waals surface area (Å²) in [6.45, 7) is 5.43. The van der Waals surface area contributed by atoms with Gasteiger partial charge in [-0.3, -0.25) is 9.69 Å². The van der Waals surface area contributed by atoms with Crippen molar-refractivity contribution < 1.29 is 9.32 Å². The van der Waals surface area contributed by atoms with E-state index >= 15 is 0 Å². The van der Waals surface area contributed by atoms with Crippen LogP contribution >= 0.6 is 0 Å². The van der Waals surface area contributed by atoms with Crippen LogP contribution in [-0.2, 0) is 11.3 Å². The lowest BCUT2D eigenvalue weighted by Crippen LogP contribution is -2.39. The highest BCUT2D eigenvalue weighted by Gasteiger charge is 2.30. The van der Waals surface area contributed by atoms with Gasteiger partial charge in [0.1, 0.15) is 5.76 Å². The van der Waals surface area contributed by atoms with Crippen molar-refractivity contribution in [2.45, 2.75) is 39.3 Å². The fourth-order valence-corrected chi connectivity index (χ4v) is 2.27. The van der Waals surface area contributed by atoms with Crippen molar-refractivity contribution in [2.75, 3.05) is 6.54 Å². The fourth-order valence-electron chi connectivity index (χ4n) is 2.27. The minimum absolute atomic E-state index is 0.131. The molecule has 1 saturated heterocycles. The zero-order valence-electron chi connectivity index (χ0n) is 9.69. The van der Waals surface area contributed by atoms with Gasteiger partial charge < -0.3 is 10.3 Å². The number of amides is 1. The number of aromatic nitrogens is 1. The lowest BCUT2D eigenvalue weighted by Gasteiger charge is -2.21. The SMILES string of the molecule is Cc1noc(C)c1CN1CCCC1C(N)=O. The number of nitrogens with zero attached hydrogens (tertiary/aromatic N) is 2. The number of aryl methyl sites for hydroxylation is 2. The number of hydrogen-bond acceptors (Lipinski definition) is 4. The quantitative estimate of drug-likeness (QED) is 0.820. The first-order valence-electron chi connectivity index (χ1n) is 5.54. The summed E-state index contributed by atoms with van der Waals surface area (Å²) in [6, 6.07) is -0.131. The Morgan fingerprint density at radius 2 is 2.38 bits per heavy atom. The van der Waals surface area contributed by atoms with E-state index in [1.165, 1.54) is 0 Å². The Morgan fingerprint density at radius 3 is 2.94 bits per heavy atom. The van der Waals surface area contributed by atoms with Crippen LogP contribution in [0.25, 0.3) is 0 Å².